The standard InChI is InChI=1S/C18H19N3O4S/c1-11-6-7-13(9-12(11)2)26-16-14(5-4-8-20-16)17(23)25-10-15(22)21-18(24)19-3/h4-9H,10H2,1-3H3,(H2,19,21,22,24). The quantitative estimate of drug-likeness (QED) is 0.782. The summed E-state index contributed by atoms with van der Waals surface area (Å²) in [5.41, 5.74) is 2.57. The number of nitrogens with one attached hydrogen (secondary N) is 2. The van der Waals surface area contributed by atoms with Crippen molar-refractivity contribution in [2.75, 3.05) is 13.7 Å². The van der Waals surface area contributed by atoms with E-state index in [2.05, 4.69) is 10.3 Å². The zero-order chi connectivity index (χ0) is 19.1. The first kappa shape index (κ1) is 19.5. The van der Waals surface area contributed by atoms with E-state index in [0.717, 1.165) is 10.5 Å². The minimum Gasteiger partial charge on any atom is -0.452 e. The van der Waals surface area contributed by atoms with Crippen LogP contribution >= 0.6 is 11.8 Å². The second kappa shape index (κ2) is 9.00. The molecule has 0 saturated carbocycles. The lowest BCUT2D eigenvalue weighted by atomic mass is 10.1. The van der Waals surface area contributed by atoms with Gasteiger partial charge in [-0.3, -0.25) is 10.1 Å². The summed E-state index contributed by atoms with van der Waals surface area (Å²) in [6.07, 6.45) is 1.58. The van der Waals surface area contributed by atoms with Crippen LogP contribution in [-0.2, 0) is 9.53 Å². The lowest BCUT2D eigenvalue weighted by Crippen LogP contribution is -2.39. The van der Waals surface area contributed by atoms with Crippen molar-refractivity contribution in [2.45, 2.75) is 23.8 Å². The molecular weight excluding hydrogens is 354 g/mol. The molecule has 2 aromatic rings. The Labute approximate surface area is 155 Å². The normalized spacial score (nSPS) is 10.1. The number of pyridine rings is 1. The maximum Gasteiger partial charge on any atom is 0.341 e. The van der Waals surface area contributed by atoms with E-state index in [0.29, 0.717) is 5.03 Å². The van der Waals surface area contributed by atoms with E-state index >= 15 is 0 Å². The number of aromatic nitrogens is 1. The SMILES string of the molecule is CNC(=O)NC(=O)COC(=O)c1cccnc1Sc1ccc(C)c(C)c1. The van der Waals surface area contributed by atoms with Crippen LogP contribution in [0.4, 0.5) is 4.79 Å². The molecule has 7 nitrogen and oxygen atoms in total. The number of amides is 3. The topological polar surface area (TPSA) is 97.4 Å². The molecule has 1 aromatic heterocycles. The minimum absolute atomic E-state index is 0.253. The summed E-state index contributed by atoms with van der Waals surface area (Å²) < 4.78 is 4.97. The molecule has 0 unspecified atom stereocenters. The fourth-order valence-electron chi connectivity index (χ4n) is 1.95. The van der Waals surface area contributed by atoms with Crippen LogP contribution in [0.5, 0.6) is 0 Å². The number of urea groups is 1. The molecule has 2 N–H and O–H groups in total. The van der Waals surface area contributed by atoms with E-state index in [1.807, 2.05) is 37.4 Å². The van der Waals surface area contributed by atoms with Gasteiger partial charge in [-0.25, -0.2) is 14.6 Å². The van der Waals surface area contributed by atoms with E-state index in [9.17, 15) is 14.4 Å². The van der Waals surface area contributed by atoms with Crippen molar-refractivity contribution >= 4 is 29.7 Å². The summed E-state index contributed by atoms with van der Waals surface area (Å²) >= 11 is 1.34. The summed E-state index contributed by atoms with van der Waals surface area (Å²) in [5.74, 6) is -1.40. The third-order valence-electron chi connectivity index (χ3n) is 3.50. The molecule has 8 heteroatoms. The van der Waals surface area contributed by atoms with Gasteiger partial charge in [-0.15, -0.1) is 0 Å². The Kier molecular flexibility index (Phi) is 6.74. The number of imide groups is 1. The molecule has 0 radical (unpaired) electrons. The van der Waals surface area contributed by atoms with Crippen LogP contribution in [0.3, 0.4) is 0 Å². The number of nitrogens with zero attached hydrogens (tertiary/aromatic N) is 1. The second-order valence-corrected chi connectivity index (χ2v) is 6.47. The van der Waals surface area contributed by atoms with Gasteiger partial charge in [0.2, 0.25) is 0 Å². The van der Waals surface area contributed by atoms with Crippen molar-refractivity contribution in [2.24, 2.45) is 0 Å². The number of carbonyl (C=O) groups is 3. The number of benzene rings is 1. The van der Waals surface area contributed by atoms with Crippen molar-refractivity contribution in [1.82, 2.24) is 15.6 Å². The molecule has 26 heavy (non-hydrogen) atoms. The van der Waals surface area contributed by atoms with Gasteiger partial charge in [0, 0.05) is 18.1 Å². The number of hydrogen-bond donors (Lipinski definition) is 2. The predicted octanol–water partition coefficient (Wildman–Crippen LogP) is 2.46. The molecule has 2 rings (SSSR count). The van der Waals surface area contributed by atoms with Crippen LogP contribution in [-0.4, -0.2) is 36.5 Å². The number of hydrogen-bond acceptors (Lipinski definition) is 6. The van der Waals surface area contributed by atoms with Gasteiger partial charge in [0.15, 0.2) is 6.61 Å². The second-order valence-electron chi connectivity index (χ2n) is 5.41. The number of carbonyl (C=O) groups excluding carboxylic acids is 3. The highest BCUT2D eigenvalue weighted by atomic mass is 32.2. The Morgan fingerprint density at radius 2 is 1.92 bits per heavy atom. The van der Waals surface area contributed by atoms with E-state index in [1.54, 1.807) is 18.3 Å². The van der Waals surface area contributed by atoms with Gasteiger partial charge in [0.05, 0.1) is 5.56 Å². The van der Waals surface area contributed by atoms with Crippen molar-refractivity contribution in [3.05, 3.63) is 53.2 Å². The Morgan fingerprint density at radius 3 is 2.62 bits per heavy atom. The van der Waals surface area contributed by atoms with E-state index in [1.165, 1.54) is 24.4 Å². The van der Waals surface area contributed by atoms with E-state index in [4.69, 9.17) is 4.74 Å². The molecule has 136 valence electrons. The molecule has 3 amide bonds. The lowest BCUT2D eigenvalue weighted by molar-refractivity contribution is -0.123. The first-order valence-electron chi connectivity index (χ1n) is 7.79. The van der Waals surface area contributed by atoms with Crippen LogP contribution in [0.2, 0.25) is 0 Å². The fourth-order valence-corrected chi connectivity index (χ4v) is 2.92. The molecule has 1 heterocycles. The average molecular weight is 373 g/mol. The Balaban J connectivity index is 2.07. The van der Waals surface area contributed by atoms with Gasteiger partial charge >= 0.3 is 12.0 Å². The van der Waals surface area contributed by atoms with Gasteiger partial charge in [0.1, 0.15) is 5.03 Å². The first-order chi connectivity index (χ1) is 12.4. The van der Waals surface area contributed by atoms with Crippen molar-refractivity contribution in [1.29, 1.82) is 0 Å². The van der Waals surface area contributed by atoms with Crippen LogP contribution in [0.1, 0.15) is 21.5 Å². The Hall–Kier alpha value is -2.87. The van der Waals surface area contributed by atoms with Gasteiger partial charge in [-0.1, -0.05) is 17.8 Å². The number of aryl methyl sites for hydroxylation is 2. The van der Waals surface area contributed by atoms with Gasteiger partial charge in [0.25, 0.3) is 5.91 Å². The zero-order valence-corrected chi connectivity index (χ0v) is 15.5. The molecule has 0 aliphatic heterocycles. The van der Waals surface area contributed by atoms with E-state index in [-0.39, 0.29) is 5.56 Å². The smallest absolute Gasteiger partial charge is 0.341 e. The van der Waals surface area contributed by atoms with Crippen molar-refractivity contribution in [3.63, 3.8) is 0 Å². The molecule has 1 aromatic carbocycles. The first-order valence-corrected chi connectivity index (χ1v) is 8.61. The van der Waals surface area contributed by atoms with Crippen molar-refractivity contribution < 1.29 is 19.1 Å². The van der Waals surface area contributed by atoms with Gasteiger partial charge < -0.3 is 10.1 Å². The molecule has 0 bridgehead atoms. The van der Waals surface area contributed by atoms with Crippen LogP contribution < -0.4 is 10.6 Å². The molecule has 0 aliphatic rings. The average Bonchev–Trinajstić information content (AvgIpc) is 2.63. The fraction of sp³-hybridized carbons (Fsp3) is 0.222. The molecule has 0 saturated heterocycles. The minimum atomic E-state index is -0.718. The summed E-state index contributed by atoms with van der Waals surface area (Å²) in [5, 5.41) is 4.73. The summed E-state index contributed by atoms with van der Waals surface area (Å²) in [6, 6.07) is 8.50. The van der Waals surface area contributed by atoms with Crippen LogP contribution in [0.15, 0.2) is 46.5 Å². The third kappa shape index (κ3) is 5.32. The van der Waals surface area contributed by atoms with E-state index < -0.39 is 24.5 Å². The summed E-state index contributed by atoms with van der Waals surface area (Å²) in [4.78, 5) is 40.0. The highest BCUT2D eigenvalue weighted by Crippen LogP contribution is 2.30. The summed E-state index contributed by atoms with van der Waals surface area (Å²) in [6.45, 7) is 3.48. The molecule has 0 fully saturated rings. The monoisotopic (exact) mass is 373 g/mol. The lowest BCUT2D eigenvalue weighted by Gasteiger charge is -2.09. The molecule has 0 atom stereocenters. The highest BCUT2D eigenvalue weighted by Gasteiger charge is 2.17. The van der Waals surface area contributed by atoms with Gasteiger partial charge in [-0.2, -0.15) is 0 Å². The number of ether oxygens (including phenoxy) is 1. The Bertz CT molecular complexity index is 839. The summed E-state index contributed by atoms with van der Waals surface area (Å²) in [7, 11) is 1.38. The Morgan fingerprint density at radius 1 is 1.15 bits per heavy atom. The molecular formula is C18H19N3O4S. The van der Waals surface area contributed by atoms with Gasteiger partial charge in [-0.05, 0) is 49.2 Å². The largest absolute Gasteiger partial charge is 0.452 e. The zero-order valence-electron chi connectivity index (χ0n) is 14.7. The predicted molar refractivity (Wildman–Crippen MR) is 97.2 cm³/mol. The van der Waals surface area contributed by atoms with Crippen LogP contribution in [0.25, 0.3) is 0 Å². The number of esters is 1. The van der Waals surface area contributed by atoms with Crippen molar-refractivity contribution in [3.8, 4) is 0 Å². The third-order valence-corrected chi connectivity index (χ3v) is 4.51. The number of rotatable bonds is 5. The maximum atomic E-state index is 12.3. The maximum absolute atomic E-state index is 12.3. The molecule has 0 aliphatic carbocycles. The molecule has 0 spiro atoms. The highest BCUT2D eigenvalue weighted by molar-refractivity contribution is 7.99. The van der Waals surface area contributed by atoms with Crippen LogP contribution in [0, 0.1) is 13.8 Å².